The van der Waals surface area contributed by atoms with E-state index in [4.69, 9.17) is 9.47 Å². The van der Waals surface area contributed by atoms with E-state index in [2.05, 4.69) is 20.2 Å². The second-order valence-electron chi connectivity index (χ2n) is 6.43. The summed E-state index contributed by atoms with van der Waals surface area (Å²) in [5.41, 5.74) is 1.46. The van der Waals surface area contributed by atoms with Crippen molar-refractivity contribution >= 4 is 11.6 Å². The lowest BCUT2D eigenvalue weighted by molar-refractivity contribution is 0.254. The lowest BCUT2D eigenvalue weighted by Crippen LogP contribution is -2.21. The fourth-order valence-electron chi connectivity index (χ4n) is 3.08. The van der Waals surface area contributed by atoms with Gasteiger partial charge in [-0.05, 0) is 51.4 Å². The predicted octanol–water partition coefficient (Wildman–Crippen LogP) is 3.11. The van der Waals surface area contributed by atoms with E-state index in [1.807, 2.05) is 18.2 Å². The highest BCUT2D eigenvalue weighted by molar-refractivity contribution is 5.60. The number of hydrogen-bond acceptors (Lipinski definition) is 7. The van der Waals surface area contributed by atoms with E-state index in [-0.39, 0.29) is 5.88 Å². The minimum atomic E-state index is -0.0631. The standard InChI is InChI=1S/C19H26N4O3/c1-14-12-18(24)22-19(20-14)21-15-6-7-16(25-2)17(13-15)26-11-5-10-23-8-3-4-9-23/h6-7,12-13H,3-5,8-11H2,1-2H3,(H2,20,21,22,24). The molecular weight excluding hydrogens is 332 g/mol. The van der Waals surface area contributed by atoms with Gasteiger partial charge < -0.3 is 24.8 Å². The molecule has 7 heteroatoms. The molecule has 7 nitrogen and oxygen atoms in total. The van der Waals surface area contributed by atoms with Crippen LogP contribution in [0.2, 0.25) is 0 Å². The fourth-order valence-corrected chi connectivity index (χ4v) is 3.08. The maximum Gasteiger partial charge on any atom is 0.230 e. The summed E-state index contributed by atoms with van der Waals surface area (Å²) in [6.07, 6.45) is 3.59. The van der Waals surface area contributed by atoms with Crippen molar-refractivity contribution in [1.29, 1.82) is 0 Å². The molecule has 0 aliphatic carbocycles. The van der Waals surface area contributed by atoms with Gasteiger partial charge in [-0.25, -0.2) is 4.98 Å². The zero-order valence-electron chi connectivity index (χ0n) is 15.4. The third-order valence-corrected chi connectivity index (χ3v) is 4.34. The summed E-state index contributed by atoms with van der Waals surface area (Å²) < 4.78 is 11.3. The van der Waals surface area contributed by atoms with Crippen molar-refractivity contribution in [3.8, 4) is 17.4 Å². The van der Waals surface area contributed by atoms with Crippen LogP contribution in [0.25, 0.3) is 0 Å². The van der Waals surface area contributed by atoms with Gasteiger partial charge in [0.05, 0.1) is 13.7 Å². The summed E-state index contributed by atoms with van der Waals surface area (Å²) in [5, 5.41) is 12.7. The van der Waals surface area contributed by atoms with Gasteiger partial charge in [0.2, 0.25) is 11.8 Å². The smallest absolute Gasteiger partial charge is 0.230 e. The quantitative estimate of drug-likeness (QED) is 0.702. The molecule has 0 radical (unpaired) electrons. The molecule has 140 valence electrons. The number of hydrogen-bond donors (Lipinski definition) is 2. The molecule has 3 rings (SSSR count). The van der Waals surface area contributed by atoms with Gasteiger partial charge >= 0.3 is 0 Å². The number of aromatic nitrogens is 2. The number of rotatable bonds is 8. The predicted molar refractivity (Wildman–Crippen MR) is 100 cm³/mol. The summed E-state index contributed by atoms with van der Waals surface area (Å²) in [4.78, 5) is 10.7. The molecule has 1 saturated heterocycles. The number of anilines is 2. The van der Waals surface area contributed by atoms with Crippen molar-refractivity contribution in [3.63, 3.8) is 0 Å². The fraction of sp³-hybridized carbons (Fsp3) is 0.474. The zero-order valence-corrected chi connectivity index (χ0v) is 15.4. The third kappa shape index (κ3) is 4.98. The first-order valence-electron chi connectivity index (χ1n) is 8.99. The van der Waals surface area contributed by atoms with Crippen LogP contribution in [0.3, 0.4) is 0 Å². The molecule has 0 spiro atoms. The van der Waals surface area contributed by atoms with Gasteiger partial charge in [0.25, 0.3) is 0 Å². The Kier molecular flexibility index (Phi) is 6.12. The Morgan fingerprint density at radius 1 is 1.15 bits per heavy atom. The van der Waals surface area contributed by atoms with Gasteiger partial charge in [-0.3, -0.25) is 0 Å². The van der Waals surface area contributed by atoms with Crippen LogP contribution in [0.4, 0.5) is 11.6 Å². The molecule has 0 atom stereocenters. The minimum Gasteiger partial charge on any atom is -0.493 e. The summed E-state index contributed by atoms with van der Waals surface area (Å²) >= 11 is 0. The highest BCUT2D eigenvalue weighted by atomic mass is 16.5. The molecule has 0 saturated carbocycles. The van der Waals surface area contributed by atoms with Gasteiger partial charge in [-0.1, -0.05) is 0 Å². The van der Waals surface area contributed by atoms with E-state index in [9.17, 15) is 5.11 Å². The minimum absolute atomic E-state index is 0.0631. The highest BCUT2D eigenvalue weighted by Gasteiger charge is 2.11. The second-order valence-corrected chi connectivity index (χ2v) is 6.43. The van der Waals surface area contributed by atoms with Crippen molar-refractivity contribution in [2.45, 2.75) is 26.2 Å². The van der Waals surface area contributed by atoms with Crippen LogP contribution in [-0.4, -0.2) is 53.3 Å². The van der Waals surface area contributed by atoms with Crippen molar-refractivity contribution < 1.29 is 14.6 Å². The lowest BCUT2D eigenvalue weighted by atomic mass is 10.2. The summed E-state index contributed by atoms with van der Waals surface area (Å²) in [6, 6.07) is 7.07. The van der Waals surface area contributed by atoms with Crippen molar-refractivity contribution in [3.05, 3.63) is 30.0 Å². The number of ether oxygens (including phenoxy) is 2. The van der Waals surface area contributed by atoms with Crippen LogP contribution in [0.1, 0.15) is 25.0 Å². The molecule has 1 aliphatic heterocycles. The number of likely N-dealkylation sites (tertiary alicyclic amines) is 1. The molecule has 1 aliphatic rings. The van der Waals surface area contributed by atoms with Crippen LogP contribution in [0, 0.1) is 6.92 Å². The average Bonchev–Trinajstić information content (AvgIpc) is 3.11. The number of nitrogens with zero attached hydrogens (tertiary/aromatic N) is 3. The molecule has 2 N–H and O–H groups in total. The first-order valence-corrected chi connectivity index (χ1v) is 8.99. The van der Waals surface area contributed by atoms with Crippen molar-refractivity contribution in [1.82, 2.24) is 14.9 Å². The van der Waals surface area contributed by atoms with Crippen molar-refractivity contribution in [2.75, 3.05) is 38.7 Å². The Balaban J connectivity index is 1.61. The summed E-state index contributed by atoms with van der Waals surface area (Å²) in [6.45, 7) is 5.91. The van der Waals surface area contributed by atoms with Crippen LogP contribution in [-0.2, 0) is 0 Å². The van der Waals surface area contributed by atoms with E-state index >= 15 is 0 Å². The highest BCUT2D eigenvalue weighted by Crippen LogP contribution is 2.31. The summed E-state index contributed by atoms with van der Waals surface area (Å²) in [5.74, 6) is 1.64. The number of aryl methyl sites for hydroxylation is 1. The zero-order chi connectivity index (χ0) is 18.4. The molecule has 1 fully saturated rings. The first kappa shape index (κ1) is 18.3. The van der Waals surface area contributed by atoms with Crippen LogP contribution in [0.5, 0.6) is 17.4 Å². The summed E-state index contributed by atoms with van der Waals surface area (Å²) in [7, 11) is 1.63. The number of nitrogens with one attached hydrogen (secondary N) is 1. The molecule has 2 heterocycles. The van der Waals surface area contributed by atoms with E-state index in [0.717, 1.165) is 18.7 Å². The average molecular weight is 358 g/mol. The first-order chi connectivity index (χ1) is 12.6. The molecule has 26 heavy (non-hydrogen) atoms. The Labute approximate surface area is 154 Å². The van der Waals surface area contributed by atoms with E-state index < -0.39 is 0 Å². The van der Waals surface area contributed by atoms with E-state index in [0.29, 0.717) is 29.7 Å². The number of benzene rings is 1. The second kappa shape index (κ2) is 8.71. The molecule has 0 bridgehead atoms. The van der Waals surface area contributed by atoms with Gasteiger partial charge in [0.1, 0.15) is 0 Å². The molecule has 0 amide bonds. The number of aromatic hydroxyl groups is 1. The Morgan fingerprint density at radius 3 is 2.69 bits per heavy atom. The molecule has 1 aromatic carbocycles. The largest absolute Gasteiger partial charge is 0.493 e. The molecular formula is C19H26N4O3. The third-order valence-electron chi connectivity index (χ3n) is 4.34. The lowest BCUT2D eigenvalue weighted by Gasteiger charge is -2.16. The Hall–Kier alpha value is -2.54. The SMILES string of the molecule is COc1ccc(Nc2nc(C)cc(O)n2)cc1OCCCN1CCCC1. The van der Waals surface area contributed by atoms with Gasteiger partial charge in [-0.2, -0.15) is 4.98 Å². The maximum atomic E-state index is 9.60. The monoisotopic (exact) mass is 358 g/mol. The van der Waals surface area contributed by atoms with Crippen molar-refractivity contribution in [2.24, 2.45) is 0 Å². The maximum absolute atomic E-state index is 9.60. The topological polar surface area (TPSA) is 79.7 Å². The number of methoxy groups -OCH3 is 1. The molecule has 2 aromatic rings. The van der Waals surface area contributed by atoms with E-state index in [1.54, 1.807) is 14.0 Å². The Bertz CT molecular complexity index is 712. The van der Waals surface area contributed by atoms with Gasteiger partial charge in [0.15, 0.2) is 11.5 Å². The normalized spacial score (nSPS) is 14.4. The van der Waals surface area contributed by atoms with Gasteiger partial charge in [0, 0.05) is 30.1 Å². The van der Waals surface area contributed by atoms with Crippen LogP contribution in [0.15, 0.2) is 24.3 Å². The molecule has 1 aromatic heterocycles. The van der Waals surface area contributed by atoms with Crippen LogP contribution >= 0.6 is 0 Å². The van der Waals surface area contributed by atoms with Gasteiger partial charge in [-0.15, -0.1) is 0 Å². The molecule has 0 unspecified atom stereocenters. The van der Waals surface area contributed by atoms with E-state index in [1.165, 1.54) is 32.0 Å². The van der Waals surface area contributed by atoms with Crippen LogP contribution < -0.4 is 14.8 Å². The Morgan fingerprint density at radius 2 is 1.96 bits per heavy atom.